The second-order valence-electron chi connectivity index (χ2n) is 7.37. The maximum Gasteiger partial charge on any atom is 0.274 e. The smallest absolute Gasteiger partial charge is 0.274 e. The number of aromatic nitrogens is 2. The lowest BCUT2D eigenvalue weighted by Gasteiger charge is -2.13. The van der Waals surface area contributed by atoms with Crippen molar-refractivity contribution >= 4 is 22.4 Å². The summed E-state index contributed by atoms with van der Waals surface area (Å²) in [5.74, 6) is 0.408. The first kappa shape index (κ1) is 18.1. The van der Waals surface area contributed by atoms with Gasteiger partial charge < -0.3 is 14.6 Å². The molecule has 1 aliphatic rings. The fourth-order valence-corrected chi connectivity index (χ4v) is 3.83. The minimum absolute atomic E-state index is 0.223. The van der Waals surface area contributed by atoms with Crippen LogP contribution in [0.3, 0.4) is 0 Å². The van der Waals surface area contributed by atoms with Crippen LogP contribution in [0.2, 0.25) is 0 Å². The summed E-state index contributed by atoms with van der Waals surface area (Å²) >= 11 is 0. The highest BCUT2D eigenvalue weighted by Crippen LogP contribution is 2.36. The number of hydrogen-bond donors (Lipinski definition) is 1. The van der Waals surface area contributed by atoms with E-state index in [9.17, 15) is 9.59 Å². The molecule has 0 aliphatic carbocycles. The number of carbonyl (C=O) groups excluding carboxylic acids is 1. The maximum atomic E-state index is 12.9. The number of benzene rings is 2. The number of pyridine rings is 2. The molecule has 0 saturated carbocycles. The SMILES string of the molecule is Cn1cc(-c2ccncc2)cc(NC(=O)C2Cc3ccc4ccccc4c3O2)c1=O. The van der Waals surface area contributed by atoms with Crippen LogP contribution in [-0.4, -0.2) is 21.6 Å². The van der Waals surface area contributed by atoms with E-state index in [4.69, 9.17) is 4.74 Å². The molecule has 6 nitrogen and oxygen atoms in total. The molecule has 5 rings (SSSR count). The van der Waals surface area contributed by atoms with Crippen LogP contribution in [0.25, 0.3) is 21.9 Å². The van der Waals surface area contributed by atoms with E-state index in [-0.39, 0.29) is 17.2 Å². The summed E-state index contributed by atoms with van der Waals surface area (Å²) in [6.07, 6.45) is 4.90. The molecule has 2 aromatic heterocycles. The Balaban J connectivity index is 1.43. The Morgan fingerprint density at radius 1 is 1.10 bits per heavy atom. The number of rotatable bonds is 3. The number of ether oxygens (including phenoxy) is 1. The Morgan fingerprint density at radius 3 is 2.73 bits per heavy atom. The number of anilines is 1. The molecule has 6 heteroatoms. The second-order valence-corrected chi connectivity index (χ2v) is 7.37. The number of carbonyl (C=O) groups is 1. The first-order valence-electron chi connectivity index (χ1n) is 9.69. The lowest BCUT2D eigenvalue weighted by atomic mass is 10.0. The van der Waals surface area contributed by atoms with Crippen molar-refractivity contribution in [1.29, 1.82) is 0 Å². The molecule has 1 unspecified atom stereocenters. The van der Waals surface area contributed by atoms with E-state index in [1.807, 2.05) is 48.5 Å². The molecular weight excluding hydrogens is 378 g/mol. The van der Waals surface area contributed by atoms with Gasteiger partial charge >= 0.3 is 0 Å². The topological polar surface area (TPSA) is 73.2 Å². The van der Waals surface area contributed by atoms with Crippen LogP contribution in [-0.2, 0) is 18.3 Å². The molecule has 0 bridgehead atoms. The largest absolute Gasteiger partial charge is 0.479 e. The van der Waals surface area contributed by atoms with Crippen molar-refractivity contribution in [2.45, 2.75) is 12.5 Å². The van der Waals surface area contributed by atoms with E-state index in [1.54, 1.807) is 31.7 Å². The first-order chi connectivity index (χ1) is 14.6. The van der Waals surface area contributed by atoms with Crippen molar-refractivity contribution in [3.05, 3.63) is 89.1 Å². The van der Waals surface area contributed by atoms with Gasteiger partial charge in [-0.1, -0.05) is 36.4 Å². The molecule has 0 spiro atoms. The fourth-order valence-electron chi connectivity index (χ4n) is 3.83. The van der Waals surface area contributed by atoms with Crippen LogP contribution in [0, 0.1) is 0 Å². The number of nitrogens with one attached hydrogen (secondary N) is 1. The lowest BCUT2D eigenvalue weighted by Crippen LogP contribution is -2.34. The van der Waals surface area contributed by atoms with Crippen LogP contribution in [0.1, 0.15) is 5.56 Å². The third-order valence-corrected chi connectivity index (χ3v) is 5.37. The van der Waals surface area contributed by atoms with Gasteiger partial charge in [0.2, 0.25) is 0 Å². The third-order valence-electron chi connectivity index (χ3n) is 5.37. The highest BCUT2D eigenvalue weighted by atomic mass is 16.5. The first-order valence-corrected chi connectivity index (χ1v) is 9.69. The van der Waals surface area contributed by atoms with Gasteiger partial charge in [0.1, 0.15) is 11.4 Å². The van der Waals surface area contributed by atoms with Crippen LogP contribution >= 0.6 is 0 Å². The summed E-state index contributed by atoms with van der Waals surface area (Å²) in [5, 5.41) is 4.83. The summed E-state index contributed by atoms with van der Waals surface area (Å²) in [6, 6.07) is 17.4. The number of fused-ring (bicyclic) bond motifs is 3. The molecule has 148 valence electrons. The van der Waals surface area contributed by atoms with Gasteiger partial charge in [-0.2, -0.15) is 0 Å². The van der Waals surface area contributed by atoms with E-state index in [0.29, 0.717) is 6.42 Å². The monoisotopic (exact) mass is 397 g/mol. The van der Waals surface area contributed by atoms with Gasteiger partial charge in [0.15, 0.2) is 6.10 Å². The van der Waals surface area contributed by atoms with Crippen LogP contribution in [0.15, 0.2) is 78.0 Å². The van der Waals surface area contributed by atoms with Crippen molar-refractivity contribution < 1.29 is 9.53 Å². The molecule has 1 amide bonds. The van der Waals surface area contributed by atoms with Crippen molar-refractivity contribution in [3.8, 4) is 16.9 Å². The fraction of sp³-hybridized carbons (Fsp3) is 0.125. The quantitative estimate of drug-likeness (QED) is 0.574. The Bertz CT molecular complexity index is 1330. The molecule has 1 atom stereocenters. The molecule has 0 saturated heterocycles. The van der Waals surface area contributed by atoms with Crippen molar-refractivity contribution in [1.82, 2.24) is 9.55 Å². The van der Waals surface area contributed by atoms with Gasteiger partial charge in [-0.05, 0) is 34.7 Å². The van der Waals surface area contributed by atoms with E-state index < -0.39 is 6.10 Å². The predicted molar refractivity (Wildman–Crippen MR) is 116 cm³/mol. The van der Waals surface area contributed by atoms with Gasteiger partial charge in [-0.3, -0.25) is 14.6 Å². The molecule has 1 N–H and O–H groups in total. The van der Waals surface area contributed by atoms with Crippen molar-refractivity contribution in [2.75, 3.05) is 5.32 Å². The average Bonchev–Trinajstić information content (AvgIpc) is 3.22. The number of aryl methyl sites for hydroxylation is 1. The lowest BCUT2D eigenvalue weighted by molar-refractivity contribution is -0.122. The standard InChI is InChI=1S/C24H19N3O3/c1-27-14-18(15-8-10-25-11-9-15)12-20(24(27)29)26-23(28)21-13-17-7-6-16-4-2-3-5-19(16)22(17)30-21/h2-12,14,21H,13H2,1H3,(H,26,28). The van der Waals surface area contributed by atoms with Crippen molar-refractivity contribution in [2.24, 2.45) is 7.05 Å². The molecule has 1 aliphatic heterocycles. The highest BCUT2D eigenvalue weighted by Gasteiger charge is 2.31. The zero-order chi connectivity index (χ0) is 20.7. The van der Waals surface area contributed by atoms with Gasteiger partial charge in [0.05, 0.1) is 0 Å². The zero-order valence-corrected chi connectivity index (χ0v) is 16.3. The van der Waals surface area contributed by atoms with Gasteiger partial charge in [0.25, 0.3) is 11.5 Å². The number of amides is 1. The Kier molecular flexibility index (Phi) is 4.32. The van der Waals surface area contributed by atoms with Crippen LogP contribution < -0.4 is 15.6 Å². The van der Waals surface area contributed by atoms with E-state index in [0.717, 1.165) is 33.2 Å². The average molecular weight is 397 g/mol. The summed E-state index contributed by atoms with van der Waals surface area (Å²) in [6.45, 7) is 0. The second kappa shape index (κ2) is 7.15. The van der Waals surface area contributed by atoms with Gasteiger partial charge in [-0.15, -0.1) is 0 Å². The van der Waals surface area contributed by atoms with Crippen LogP contribution in [0.4, 0.5) is 5.69 Å². The van der Waals surface area contributed by atoms with E-state index in [2.05, 4.69) is 10.3 Å². The summed E-state index contributed by atoms with van der Waals surface area (Å²) < 4.78 is 7.47. The van der Waals surface area contributed by atoms with Gasteiger partial charge in [-0.25, -0.2) is 0 Å². The maximum absolute atomic E-state index is 12.9. The summed E-state index contributed by atoms with van der Waals surface area (Å²) in [5.41, 5.74) is 2.67. The zero-order valence-electron chi connectivity index (χ0n) is 16.3. The van der Waals surface area contributed by atoms with E-state index in [1.165, 1.54) is 4.57 Å². The molecule has 2 aromatic carbocycles. The number of nitrogens with zero attached hydrogens (tertiary/aromatic N) is 2. The summed E-state index contributed by atoms with van der Waals surface area (Å²) in [4.78, 5) is 29.5. The molecule has 0 radical (unpaired) electrons. The number of hydrogen-bond acceptors (Lipinski definition) is 4. The third kappa shape index (κ3) is 3.12. The Labute approximate surface area is 172 Å². The summed E-state index contributed by atoms with van der Waals surface area (Å²) in [7, 11) is 1.66. The minimum Gasteiger partial charge on any atom is -0.479 e. The molecular formula is C24H19N3O3. The van der Waals surface area contributed by atoms with Crippen molar-refractivity contribution in [3.63, 3.8) is 0 Å². The normalized spacial score (nSPS) is 14.9. The highest BCUT2D eigenvalue weighted by molar-refractivity contribution is 5.97. The van der Waals surface area contributed by atoms with Crippen LogP contribution in [0.5, 0.6) is 5.75 Å². The van der Waals surface area contributed by atoms with Gasteiger partial charge in [0, 0.05) is 43.0 Å². The van der Waals surface area contributed by atoms with E-state index >= 15 is 0 Å². The molecule has 4 aromatic rings. The minimum atomic E-state index is -0.680. The predicted octanol–water partition coefficient (Wildman–Crippen LogP) is 3.54. The molecule has 0 fully saturated rings. The molecule has 3 heterocycles. The molecule has 30 heavy (non-hydrogen) atoms. The Morgan fingerprint density at radius 2 is 1.90 bits per heavy atom. The Hall–Kier alpha value is -3.93.